The molecule has 0 aliphatic carbocycles. The summed E-state index contributed by atoms with van der Waals surface area (Å²) >= 11 is 0. The lowest BCUT2D eigenvalue weighted by molar-refractivity contribution is 0.232. The number of guanidine groups is 1. The van der Waals surface area contributed by atoms with Crippen LogP contribution in [0.5, 0.6) is 0 Å². The van der Waals surface area contributed by atoms with Crippen molar-refractivity contribution in [1.29, 1.82) is 0 Å². The molecular weight excluding hydrogens is 204 g/mol. The summed E-state index contributed by atoms with van der Waals surface area (Å²) in [5, 5.41) is 15.3. The van der Waals surface area contributed by atoms with Crippen LogP contribution in [-0.4, -0.2) is 17.4 Å². The molecule has 0 saturated carbocycles. The molecule has 1 aromatic carbocycles. The Morgan fingerprint density at radius 2 is 1.88 bits per heavy atom. The molecule has 0 heterocycles. The number of benzene rings is 1. The third kappa shape index (κ3) is 7.52. The first-order valence-electron chi connectivity index (χ1n) is 4.64. The van der Waals surface area contributed by atoms with E-state index in [0.29, 0.717) is 0 Å². The van der Waals surface area contributed by atoms with Gasteiger partial charge in [-0.05, 0) is 5.56 Å². The van der Waals surface area contributed by atoms with Gasteiger partial charge in [0.15, 0.2) is 0 Å². The fraction of sp³-hybridized carbons (Fsp3) is 0.273. The molecule has 90 valence electrons. The van der Waals surface area contributed by atoms with E-state index in [-0.39, 0.29) is 13.4 Å². The van der Waals surface area contributed by atoms with Gasteiger partial charge in [-0.2, -0.15) is 5.10 Å². The zero-order chi connectivity index (χ0) is 11.5. The Morgan fingerprint density at radius 1 is 1.31 bits per heavy atom. The van der Waals surface area contributed by atoms with E-state index < -0.39 is 0 Å². The van der Waals surface area contributed by atoms with Gasteiger partial charge in [-0.1, -0.05) is 51.6 Å². The van der Waals surface area contributed by atoms with Crippen molar-refractivity contribution >= 4 is 12.2 Å². The van der Waals surface area contributed by atoms with Gasteiger partial charge in [-0.25, -0.2) is 5.48 Å². The third-order valence-corrected chi connectivity index (χ3v) is 1.29. The smallest absolute Gasteiger partial charge is 0.237 e. The zero-order valence-corrected chi connectivity index (χ0v) is 8.88. The summed E-state index contributed by atoms with van der Waals surface area (Å²) in [4.78, 5) is 0. The lowest BCUT2D eigenvalue weighted by Gasteiger charge is -1.91. The maximum Gasteiger partial charge on any atom is 0.237 e. The largest absolute Gasteiger partial charge is 0.367 e. The number of rotatable bonds is 2. The van der Waals surface area contributed by atoms with Crippen LogP contribution in [0.3, 0.4) is 0 Å². The van der Waals surface area contributed by atoms with Gasteiger partial charge in [0.2, 0.25) is 5.96 Å². The van der Waals surface area contributed by atoms with Crippen molar-refractivity contribution in [2.24, 2.45) is 15.9 Å². The Labute approximate surface area is 96.7 Å². The molecule has 5 heteroatoms. The van der Waals surface area contributed by atoms with Gasteiger partial charge in [0, 0.05) is 0 Å². The normalized spacial score (nSPS) is 10.1. The summed E-state index contributed by atoms with van der Waals surface area (Å²) < 4.78 is 0. The van der Waals surface area contributed by atoms with Gasteiger partial charge in [0.25, 0.3) is 0 Å². The zero-order valence-electron chi connectivity index (χ0n) is 8.88. The maximum absolute atomic E-state index is 8.25. The predicted octanol–water partition coefficient (Wildman–Crippen LogP) is 1.98. The van der Waals surface area contributed by atoms with E-state index in [0.717, 1.165) is 5.56 Å². The minimum absolute atomic E-state index is 0. The second kappa shape index (κ2) is 11.2. The molecule has 0 aliphatic heterocycles. The summed E-state index contributed by atoms with van der Waals surface area (Å²) in [6.07, 6.45) is 1.53. The Bertz CT molecular complexity index is 309. The van der Waals surface area contributed by atoms with Crippen LogP contribution in [0.2, 0.25) is 0 Å². The molecule has 0 aliphatic rings. The van der Waals surface area contributed by atoms with Gasteiger partial charge >= 0.3 is 0 Å². The van der Waals surface area contributed by atoms with E-state index >= 15 is 0 Å². The highest BCUT2D eigenvalue weighted by Crippen LogP contribution is 1.93. The average Bonchev–Trinajstić information content (AvgIpc) is 2.33. The van der Waals surface area contributed by atoms with E-state index in [1.54, 1.807) is 5.48 Å². The van der Waals surface area contributed by atoms with E-state index in [2.05, 4.69) is 10.2 Å². The number of hydrogen-bond acceptors (Lipinski definition) is 3. The molecule has 1 rings (SSSR count). The molecule has 0 radical (unpaired) electrons. The van der Waals surface area contributed by atoms with Gasteiger partial charge in [0.1, 0.15) is 0 Å². The molecule has 0 bridgehead atoms. The summed E-state index contributed by atoms with van der Waals surface area (Å²) in [7, 11) is 0. The van der Waals surface area contributed by atoms with E-state index in [4.69, 9.17) is 10.9 Å². The van der Waals surface area contributed by atoms with Crippen LogP contribution in [0, 0.1) is 0 Å². The number of nitrogens with one attached hydrogen (secondary N) is 1. The minimum atomic E-state index is -0.146. The summed E-state index contributed by atoms with van der Waals surface area (Å²) in [6.45, 7) is 4.00. The molecule has 16 heavy (non-hydrogen) atoms. The van der Waals surface area contributed by atoms with Crippen molar-refractivity contribution < 1.29 is 5.21 Å². The van der Waals surface area contributed by atoms with Crippen LogP contribution in [0.4, 0.5) is 0 Å². The van der Waals surface area contributed by atoms with Crippen LogP contribution >= 0.6 is 0 Å². The Hall–Kier alpha value is -1.88. The van der Waals surface area contributed by atoms with Crippen molar-refractivity contribution in [1.82, 2.24) is 5.48 Å². The Morgan fingerprint density at radius 3 is 2.38 bits per heavy atom. The molecule has 4 N–H and O–H groups in total. The van der Waals surface area contributed by atoms with Crippen molar-refractivity contribution in [3.8, 4) is 0 Å². The highest BCUT2D eigenvalue weighted by molar-refractivity contribution is 5.81. The number of nitrogens with zero attached hydrogens (tertiary/aromatic N) is 2. The lowest BCUT2D eigenvalue weighted by Crippen LogP contribution is -2.27. The van der Waals surface area contributed by atoms with E-state index in [9.17, 15) is 0 Å². The summed E-state index contributed by atoms with van der Waals surface area (Å²) in [5.41, 5.74) is 7.69. The number of hydrogen-bond donors (Lipinski definition) is 3. The quantitative estimate of drug-likeness (QED) is 0.408. The molecule has 5 nitrogen and oxygen atoms in total. The molecule has 0 amide bonds. The van der Waals surface area contributed by atoms with E-state index in [1.165, 1.54) is 6.21 Å². The first-order valence-corrected chi connectivity index (χ1v) is 4.64. The first kappa shape index (κ1) is 16.5. The molecule has 0 saturated heterocycles. The number of nitrogens with two attached hydrogens (primary N) is 1. The highest BCUT2D eigenvalue weighted by atomic mass is 16.5. The van der Waals surface area contributed by atoms with Crippen molar-refractivity contribution in [2.75, 3.05) is 0 Å². The molecule has 1 aromatic rings. The highest BCUT2D eigenvalue weighted by Gasteiger charge is 1.83. The maximum atomic E-state index is 8.25. The van der Waals surface area contributed by atoms with Crippen molar-refractivity contribution in [2.45, 2.75) is 21.3 Å². The monoisotopic (exact) mass is 224 g/mol. The third-order valence-electron chi connectivity index (χ3n) is 1.29. The van der Waals surface area contributed by atoms with Gasteiger partial charge in [-0.3, -0.25) is 5.21 Å². The lowest BCUT2D eigenvalue weighted by atomic mass is 10.2. The van der Waals surface area contributed by atoms with E-state index in [1.807, 2.05) is 44.2 Å². The molecular formula is C11H20N4O. The average molecular weight is 224 g/mol. The SMILES string of the molecule is C.CC.N/C(=N/N=C/c1ccccc1)NO. The Balaban J connectivity index is 0. The van der Waals surface area contributed by atoms with Gasteiger partial charge in [-0.15, -0.1) is 5.10 Å². The predicted molar refractivity (Wildman–Crippen MR) is 68.7 cm³/mol. The molecule has 0 unspecified atom stereocenters. The topological polar surface area (TPSA) is 83.0 Å². The molecule has 0 fully saturated rings. The van der Waals surface area contributed by atoms with Crippen molar-refractivity contribution in [3.05, 3.63) is 35.9 Å². The molecule has 0 spiro atoms. The van der Waals surface area contributed by atoms with Crippen LogP contribution < -0.4 is 11.2 Å². The summed E-state index contributed by atoms with van der Waals surface area (Å²) in [5.74, 6) is -0.146. The molecule has 0 aromatic heterocycles. The van der Waals surface area contributed by atoms with Crippen molar-refractivity contribution in [3.63, 3.8) is 0 Å². The number of hydroxylamine groups is 1. The fourth-order valence-electron chi connectivity index (χ4n) is 0.719. The fourth-order valence-corrected chi connectivity index (χ4v) is 0.719. The summed E-state index contributed by atoms with van der Waals surface area (Å²) in [6, 6.07) is 9.44. The minimum Gasteiger partial charge on any atom is -0.367 e. The van der Waals surface area contributed by atoms with Gasteiger partial charge < -0.3 is 5.73 Å². The van der Waals surface area contributed by atoms with Gasteiger partial charge in [0.05, 0.1) is 6.21 Å². The van der Waals surface area contributed by atoms with Crippen LogP contribution in [0.25, 0.3) is 0 Å². The second-order valence-electron chi connectivity index (χ2n) is 2.25. The second-order valence-corrected chi connectivity index (χ2v) is 2.25. The van der Waals surface area contributed by atoms with Crippen LogP contribution in [0.15, 0.2) is 40.5 Å². The first-order chi connectivity index (χ1) is 7.33. The Kier molecular flexibility index (Phi) is 11.6. The standard InChI is InChI=1S/C8H10N4O.C2H6.CH4/c9-8(12-13)11-10-6-7-4-2-1-3-5-7;1-2;/h1-6,13H,(H3,9,11,12);1-2H3;1H4/b10-6+;;. The van der Waals surface area contributed by atoms with Crippen LogP contribution in [0.1, 0.15) is 26.8 Å². The molecule has 0 atom stereocenters. The van der Waals surface area contributed by atoms with Crippen LogP contribution in [-0.2, 0) is 0 Å².